The van der Waals surface area contributed by atoms with Crippen molar-refractivity contribution < 1.29 is 33.8 Å². The van der Waals surface area contributed by atoms with Crippen molar-refractivity contribution in [1.29, 1.82) is 0 Å². The number of carboxylic acids is 1. The van der Waals surface area contributed by atoms with E-state index in [2.05, 4.69) is 5.32 Å². The first-order chi connectivity index (χ1) is 10.3. The lowest BCUT2D eigenvalue weighted by Crippen LogP contribution is -2.53. The van der Waals surface area contributed by atoms with Crippen LogP contribution in [0.1, 0.15) is 33.6 Å². The third-order valence-corrected chi connectivity index (χ3v) is 2.52. The number of carbonyl (C=O) groups excluding carboxylic acids is 4. The fourth-order valence-corrected chi connectivity index (χ4v) is 1.59. The maximum absolute atomic E-state index is 12.1. The lowest BCUT2D eigenvalue weighted by molar-refractivity contribution is -0.304. The minimum atomic E-state index is -2.10. The molecule has 1 amide bonds. The van der Waals surface area contributed by atoms with Crippen LogP contribution in [-0.4, -0.2) is 42.6 Å². The van der Waals surface area contributed by atoms with Gasteiger partial charge in [-0.05, 0) is 26.3 Å². The number of hydrogen-bond acceptors (Lipinski definition) is 7. The van der Waals surface area contributed by atoms with Crippen LogP contribution in [0.5, 0.6) is 0 Å². The molecule has 1 unspecified atom stereocenters. The number of aliphatic carboxylic acids is 1. The molecular weight excluding hydrogens is 294 g/mol. The molecule has 0 spiro atoms. The molecule has 0 heterocycles. The third kappa shape index (κ3) is 5.94. The highest BCUT2D eigenvalue weighted by Gasteiger charge is 2.42. The number of carbonyl (C=O) groups is 4. The summed E-state index contributed by atoms with van der Waals surface area (Å²) in [7, 11) is 0. The highest BCUT2D eigenvalue weighted by atomic mass is 16.6. The zero-order valence-electron chi connectivity index (χ0n) is 12.8. The van der Waals surface area contributed by atoms with Crippen molar-refractivity contribution in [3.8, 4) is 0 Å². The van der Waals surface area contributed by atoms with Gasteiger partial charge in [-0.15, -0.1) is 0 Å². The Morgan fingerprint density at radius 1 is 1.23 bits per heavy atom. The van der Waals surface area contributed by atoms with E-state index in [9.17, 15) is 24.3 Å². The van der Waals surface area contributed by atoms with Gasteiger partial charge in [0.25, 0.3) is 0 Å². The summed E-state index contributed by atoms with van der Waals surface area (Å²) in [5, 5.41) is 13.0. The number of amides is 1. The van der Waals surface area contributed by atoms with Crippen LogP contribution in [0.2, 0.25) is 0 Å². The number of hydrogen-bond donors (Lipinski definition) is 1. The van der Waals surface area contributed by atoms with E-state index in [-0.39, 0.29) is 18.9 Å². The van der Waals surface area contributed by atoms with E-state index >= 15 is 0 Å². The number of allylic oxidation sites excluding steroid dienone is 1. The summed E-state index contributed by atoms with van der Waals surface area (Å²) in [5.74, 6) is -5.18. The molecule has 0 aliphatic carbocycles. The standard InChI is InChI=1S/C14H21NO7/c1-4-7-10(16)15-9-14(8-5-2,13(20)21-6-3)22-12(19)11(17)18/h5,8H,4,6-7,9H2,1-3H3,(H,15,16)(H,17,18)/p-1. The van der Waals surface area contributed by atoms with Crippen molar-refractivity contribution in [2.24, 2.45) is 0 Å². The number of esters is 2. The van der Waals surface area contributed by atoms with Crippen LogP contribution in [0.25, 0.3) is 0 Å². The largest absolute Gasteiger partial charge is 0.539 e. The van der Waals surface area contributed by atoms with E-state index < -0.39 is 30.1 Å². The molecule has 0 radical (unpaired) electrons. The molecule has 0 saturated heterocycles. The lowest BCUT2D eigenvalue weighted by Gasteiger charge is -2.28. The lowest BCUT2D eigenvalue weighted by atomic mass is 10.0. The zero-order chi connectivity index (χ0) is 17.2. The molecule has 0 aliphatic heterocycles. The molecular formula is C14H20NO7-. The molecule has 0 saturated carbocycles. The van der Waals surface area contributed by atoms with Crippen molar-refractivity contribution in [2.75, 3.05) is 13.2 Å². The average Bonchev–Trinajstić information content (AvgIpc) is 2.45. The SMILES string of the molecule is CC=CC(CNC(=O)CCC)(OC(=O)C(=O)[O-])C(=O)OCC. The fraction of sp³-hybridized carbons (Fsp3) is 0.571. The third-order valence-electron chi connectivity index (χ3n) is 2.52. The summed E-state index contributed by atoms with van der Waals surface area (Å²) < 4.78 is 9.51. The van der Waals surface area contributed by atoms with Crippen molar-refractivity contribution >= 4 is 23.8 Å². The normalized spacial score (nSPS) is 13.2. The van der Waals surface area contributed by atoms with Crippen LogP contribution in [-0.2, 0) is 28.7 Å². The van der Waals surface area contributed by atoms with E-state index in [4.69, 9.17) is 9.47 Å². The summed E-state index contributed by atoms with van der Waals surface area (Å²) >= 11 is 0. The minimum Gasteiger partial charge on any atom is -0.539 e. The summed E-state index contributed by atoms with van der Waals surface area (Å²) in [6.07, 6.45) is 3.33. The Balaban J connectivity index is 5.37. The van der Waals surface area contributed by atoms with Gasteiger partial charge in [0.15, 0.2) is 5.97 Å². The summed E-state index contributed by atoms with van der Waals surface area (Å²) in [6, 6.07) is 0. The maximum atomic E-state index is 12.1. The number of ether oxygens (including phenoxy) is 2. The number of rotatable bonds is 8. The summed E-state index contributed by atoms with van der Waals surface area (Å²) in [4.78, 5) is 45.4. The minimum absolute atomic E-state index is 0.0100. The van der Waals surface area contributed by atoms with E-state index in [0.29, 0.717) is 6.42 Å². The Hall–Kier alpha value is -2.38. The van der Waals surface area contributed by atoms with Gasteiger partial charge in [0.05, 0.1) is 13.2 Å². The summed E-state index contributed by atoms with van der Waals surface area (Å²) in [6.45, 7) is 4.42. The quantitative estimate of drug-likeness (QED) is 0.349. The molecule has 0 aromatic rings. The first-order valence-electron chi connectivity index (χ1n) is 6.85. The Kier molecular flexibility index (Phi) is 8.51. The molecule has 8 heteroatoms. The van der Waals surface area contributed by atoms with Crippen LogP contribution in [0.15, 0.2) is 12.2 Å². The molecule has 1 atom stereocenters. The highest BCUT2D eigenvalue weighted by Crippen LogP contribution is 2.16. The second-order valence-electron chi connectivity index (χ2n) is 4.31. The molecule has 1 N–H and O–H groups in total. The predicted octanol–water partition coefficient (Wildman–Crippen LogP) is -0.926. The first-order valence-corrected chi connectivity index (χ1v) is 6.85. The van der Waals surface area contributed by atoms with E-state index in [1.54, 1.807) is 6.92 Å². The van der Waals surface area contributed by atoms with Crippen LogP contribution < -0.4 is 10.4 Å². The molecule has 0 aromatic carbocycles. The maximum Gasteiger partial charge on any atom is 0.356 e. The molecule has 8 nitrogen and oxygen atoms in total. The molecule has 0 fully saturated rings. The molecule has 124 valence electrons. The Bertz CT molecular complexity index is 458. The number of carboxylic acid groups (broad SMARTS) is 1. The molecule has 0 rings (SSSR count). The number of nitrogens with one attached hydrogen (secondary N) is 1. The van der Waals surface area contributed by atoms with Gasteiger partial charge in [0.2, 0.25) is 11.5 Å². The first kappa shape index (κ1) is 19.6. The van der Waals surface area contributed by atoms with Gasteiger partial charge >= 0.3 is 11.9 Å². The van der Waals surface area contributed by atoms with Crippen LogP contribution in [0, 0.1) is 0 Å². The topological polar surface area (TPSA) is 122 Å². The van der Waals surface area contributed by atoms with Crippen molar-refractivity contribution in [3.05, 3.63) is 12.2 Å². The van der Waals surface area contributed by atoms with Gasteiger partial charge in [0.1, 0.15) is 0 Å². The van der Waals surface area contributed by atoms with Crippen LogP contribution in [0.4, 0.5) is 0 Å². The van der Waals surface area contributed by atoms with Gasteiger partial charge < -0.3 is 24.7 Å². The van der Waals surface area contributed by atoms with Gasteiger partial charge in [-0.25, -0.2) is 9.59 Å². The monoisotopic (exact) mass is 314 g/mol. The van der Waals surface area contributed by atoms with Gasteiger partial charge in [-0.2, -0.15) is 0 Å². The predicted molar refractivity (Wildman–Crippen MR) is 73.2 cm³/mol. The Morgan fingerprint density at radius 3 is 2.32 bits per heavy atom. The van der Waals surface area contributed by atoms with Crippen LogP contribution >= 0.6 is 0 Å². The molecule has 0 aliphatic rings. The highest BCUT2D eigenvalue weighted by molar-refractivity contribution is 6.28. The van der Waals surface area contributed by atoms with Gasteiger partial charge in [0, 0.05) is 6.42 Å². The van der Waals surface area contributed by atoms with Gasteiger partial charge in [-0.3, -0.25) is 4.79 Å². The average molecular weight is 314 g/mol. The van der Waals surface area contributed by atoms with E-state index in [0.717, 1.165) is 6.08 Å². The second kappa shape index (κ2) is 9.54. The van der Waals surface area contributed by atoms with Crippen LogP contribution in [0.3, 0.4) is 0 Å². The van der Waals surface area contributed by atoms with E-state index in [1.165, 1.54) is 19.9 Å². The van der Waals surface area contributed by atoms with Crippen molar-refractivity contribution in [2.45, 2.75) is 39.2 Å². The molecule has 0 aromatic heterocycles. The zero-order valence-corrected chi connectivity index (χ0v) is 12.8. The van der Waals surface area contributed by atoms with Crippen molar-refractivity contribution in [1.82, 2.24) is 5.32 Å². The summed E-state index contributed by atoms with van der Waals surface area (Å²) in [5.41, 5.74) is -2.05. The fourth-order valence-electron chi connectivity index (χ4n) is 1.59. The van der Waals surface area contributed by atoms with Gasteiger partial charge in [-0.1, -0.05) is 13.0 Å². The Morgan fingerprint density at radius 2 is 1.86 bits per heavy atom. The van der Waals surface area contributed by atoms with Crippen molar-refractivity contribution in [3.63, 3.8) is 0 Å². The molecule has 22 heavy (non-hydrogen) atoms. The second-order valence-corrected chi connectivity index (χ2v) is 4.31. The molecule has 0 bridgehead atoms. The van der Waals surface area contributed by atoms with E-state index in [1.807, 2.05) is 0 Å². The smallest absolute Gasteiger partial charge is 0.356 e. The Labute approximate surface area is 128 Å².